The quantitative estimate of drug-likeness (QED) is 0.688. The third kappa shape index (κ3) is 4.60. The van der Waals surface area contributed by atoms with Gasteiger partial charge < -0.3 is 11.1 Å². The van der Waals surface area contributed by atoms with Gasteiger partial charge in [0.1, 0.15) is 5.01 Å². The van der Waals surface area contributed by atoms with E-state index in [0.29, 0.717) is 6.04 Å². The van der Waals surface area contributed by atoms with Gasteiger partial charge in [0, 0.05) is 11.1 Å². The predicted molar refractivity (Wildman–Crippen MR) is 70.8 cm³/mol. The number of thiazole rings is 1. The highest BCUT2D eigenvalue weighted by Crippen LogP contribution is 2.20. The molecule has 0 spiro atoms. The molecule has 16 heavy (non-hydrogen) atoms. The van der Waals surface area contributed by atoms with Crippen LogP contribution in [0, 0.1) is 0 Å². The Bertz CT molecular complexity index is 286. The summed E-state index contributed by atoms with van der Waals surface area (Å²) in [6.45, 7) is 6.22. The Kier molecular flexibility index (Phi) is 6.61. The van der Waals surface area contributed by atoms with Gasteiger partial charge in [0.25, 0.3) is 0 Å². The fourth-order valence-electron chi connectivity index (χ4n) is 1.54. The number of nitrogens with one attached hydrogen (secondary N) is 1. The van der Waals surface area contributed by atoms with Crippen molar-refractivity contribution in [3.8, 4) is 0 Å². The fourth-order valence-corrected chi connectivity index (χ4v) is 2.42. The number of nitrogens with zero attached hydrogens (tertiary/aromatic N) is 1. The predicted octanol–water partition coefficient (Wildman–Crippen LogP) is 2.49. The van der Waals surface area contributed by atoms with Crippen molar-refractivity contribution in [2.24, 2.45) is 5.73 Å². The Balaban J connectivity index is 2.21. The van der Waals surface area contributed by atoms with E-state index >= 15 is 0 Å². The third-order valence-electron chi connectivity index (χ3n) is 2.62. The summed E-state index contributed by atoms with van der Waals surface area (Å²) in [5.74, 6) is 0. The average Bonchev–Trinajstić information content (AvgIpc) is 2.77. The average molecular weight is 241 g/mol. The first-order valence-electron chi connectivity index (χ1n) is 6.16. The molecule has 0 saturated carbocycles. The molecule has 0 aliphatic carbocycles. The highest BCUT2D eigenvalue weighted by molar-refractivity contribution is 7.11. The molecule has 4 heteroatoms. The third-order valence-corrected chi connectivity index (χ3v) is 3.95. The van der Waals surface area contributed by atoms with Crippen molar-refractivity contribution in [1.29, 1.82) is 0 Å². The van der Waals surface area contributed by atoms with Crippen molar-refractivity contribution in [1.82, 2.24) is 10.3 Å². The molecule has 1 aromatic heterocycles. The number of hydrogen-bond donors (Lipinski definition) is 2. The second-order valence-electron chi connectivity index (χ2n) is 4.04. The monoisotopic (exact) mass is 241 g/mol. The lowest BCUT2D eigenvalue weighted by atomic mass is 10.2. The molecule has 3 nitrogen and oxygen atoms in total. The van der Waals surface area contributed by atoms with E-state index in [9.17, 15) is 0 Å². The number of rotatable bonds is 8. The molecule has 0 aromatic carbocycles. The molecule has 1 atom stereocenters. The minimum absolute atomic E-state index is 0.378. The van der Waals surface area contributed by atoms with Crippen LogP contribution >= 0.6 is 11.3 Å². The molecule has 0 fully saturated rings. The van der Waals surface area contributed by atoms with Crippen LogP contribution in [0.2, 0.25) is 0 Å². The van der Waals surface area contributed by atoms with Gasteiger partial charge >= 0.3 is 0 Å². The van der Waals surface area contributed by atoms with Crippen LogP contribution < -0.4 is 11.1 Å². The van der Waals surface area contributed by atoms with E-state index in [1.165, 1.54) is 22.7 Å². The van der Waals surface area contributed by atoms with Gasteiger partial charge in [0.2, 0.25) is 0 Å². The fraction of sp³-hybridized carbons (Fsp3) is 0.750. The van der Waals surface area contributed by atoms with Crippen molar-refractivity contribution in [3.05, 3.63) is 16.1 Å². The van der Waals surface area contributed by atoms with E-state index in [-0.39, 0.29) is 0 Å². The smallest absolute Gasteiger partial charge is 0.109 e. The normalized spacial score (nSPS) is 12.9. The van der Waals surface area contributed by atoms with Crippen LogP contribution in [0.3, 0.4) is 0 Å². The summed E-state index contributed by atoms with van der Waals surface area (Å²) in [5, 5.41) is 4.71. The van der Waals surface area contributed by atoms with Gasteiger partial charge in [0.15, 0.2) is 0 Å². The Morgan fingerprint density at radius 2 is 2.25 bits per heavy atom. The van der Waals surface area contributed by atoms with Crippen LogP contribution in [-0.2, 0) is 6.42 Å². The van der Waals surface area contributed by atoms with Crippen molar-refractivity contribution in [2.75, 3.05) is 13.1 Å². The molecule has 0 aliphatic rings. The summed E-state index contributed by atoms with van der Waals surface area (Å²) in [4.78, 5) is 5.81. The molecule has 3 N–H and O–H groups in total. The lowest BCUT2D eigenvalue weighted by Gasteiger charge is -2.10. The Labute approximate surface area is 102 Å². The lowest BCUT2D eigenvalue weighted by molar-refractivity contribution is 0.538. The van der Waals surface area contributed by atoms with Crippen LogP contribution in [-0.4, -0.2) is 18.1 Å². The molecule has 1 unspecified atom stereocenters. The van der Waals surface area contributed by atoms with Gasteiger partial charge in [-0.3, -0.25) is 0 Å². The standard InChI is InChI=1S/C12H23N3S/c1-3-11-9-15-12(16-11)10(2)14-8-6-4-5-7-13/h9-10,14H,3-8,13H2,1-2H3. The lowest BCUT2D eigenvalue weighted by Crippen LogP contribution is -2.19. The Hall–Kier alpha value is -0.450. The maximum absolute atomic E-state index is 5.45. The van der Waals surface area contributed by atoms with Crippen LogP contribution in [0.15, 0.2) is 6.20 Å². The first kappa shape index (κ1) is 13.6. The van der Waals surface area contributed by atoms with Crippen molar-refractivity contribution in [3.63, 3.8) is 0 Å². The topological polar surface area (TPSA) is 50.9 Å². The summed E-state index contributed by atoms with van der Waals surface area (Å²) >= 11 is 1.82. The maximum atomic E-state index is 5.45. The van der Waals surface area contributed by atoms with E-state index in [2.05, 4.69) is 24.1 Å². The second kappa shape index (κ2) is 7.76. The van der Waals surface area contributed by atoms with E-state index in [0.717, 1.165) is 25.9 Å². The Morgan fingerprint density at radius 3 is 2.88 bits per heavy atom. The summed E-state index contributed by atoms with van der Waals surface area (Å²) in [6, 6.07) is 0.378. The minimum atomic E-state index is 0.378. The molecular formula is C12H23N3S. The minimum Gasteiger partial charge on any atom is -0.330 e. The second-order valence-corrected chi connectivity index (χ2v) is 5.19. The van der Waals surface area contributed by atoms with Gasteiger partial charge in [-0.1, -0.05) is 13.3 Å². The number of aryl methyl sites for hydroxylation is 1. The Morgan fingerprint density at radius 1 is 1.44 bits per heavy atom. The summed E-state index contributed by atoms with van der Waals surface area (Å²) in [7, 11) is 0. The molecule has 0 saturated heterocycles. The zero-order valence-electron chi connectivity index (χ0n) is 10.3. The van der Waals surface area contributed by atoms with Crippen LogP contribution in [0.25, 0.3) is 0 Å². The molecule has 1 aromatic rings. The number of unbranched alkanes of at least 4 members (excludes halogenated alkanes) is 2. The molecule has 0 radical (unpaired) electrons. The van der Waals surface area contributed by atoms with Crippen molar-refractivity contribution >= 4 is 11.3 Å². The van der Waals surface area contributed by atoms with Crippen molar-refractivity contribution in [2.45, 2.75) is 45.6 Å². The van der Waals surface area contributed by atoms with Crippen molar-refractivity contribution < 1.29 is 0 Å². The van der Waals surface area contributed by atoms with Gasteiger partial charge in [-0.05, 0) is 39.3 Å². The van der Waals surface area contributed by atoms with Crippen LogP contribution in [0.4, 0.5) is 0 Å². The van der Waals surface area contributed by atoms with Gasteiger partial charge in [-0.25, -0.2) is 4.98 Å². The molecule has 1 heterocycles. The molecule has 0 amide bonds. The highest BCUT2D eigenvalue weighted by atomic mass is 32.1. The highest BCUT2D eigenvalue weighted by Gasteiger charge is 2.08. The molecule has 1 rings (SSSR count). The van der Waals surface area contributed by atoms with E-state index in [1.807, 2.05) is 17.5 Å². The van der Waals surface area contributed by atoms with Gasteiger partial charge in [-0.15, -0.1) is 11.3 Å². The first-order chi connectivity index (χ1) is 7.77. The summed E-state index contributed by atoms with van der Waals surface area (Å²) in [6.07, 6.45) is 6.63. The van der Waals surface area contributed by atoms with Gasteiger partial charge in [0.05, 0.1) is 6.04 Å². The number of aromatic nitrogens is 1. The van der Waals surface area contributed by atoms with Gasteiger partial charge in [-0.2, -0.15) is 0 Å². The number of hydrogen-bond acceptors (Lipinski definition) is 4. The SMILES string of the molecule is CCc1cnc(C(C)NCCCCCN)s1. The molecule has 92 valence electrons. The summed E-state index contributed by atoms with van der Waals surface area (Å²) < 4.78 is 0. The van der Waals surface area contributed by atoms with Crippen LogP contribution in [0.1, 0.15) is 49.0 Å². The van der Waals surface area contributed by atoms with E-state index in [1.54, 1.807) is 0 Å². The van der Waals surface area contributed by atoms with E-state index < -0.39 is 0 Å². The zero-order chi connectivity index (χ0) is 11.8. The van der Waals surface area contributed by atoms with Crippen LogP contribution in [0.5, 0.6) is 0 Å². The first-order valence-corrected chi connectivity index (χ1v) is 6.97. The summed E-state index contributed by atoms with van der Waals surface area (Å²) in [5.41, 5.74) is 5.45. The molecular weight excluding hydrogens is 218 g/mol. The largest absolute Gasteiger partial charge is 0.330 e. The number of nitrogens with two attached hydrogens (primary N) is 1. The zero-order valence-corrected chi connectivity index (χ0v) is 11.1. The maximum Gasteiger partial charge on any atom is 0.109 e. The van der Waals surface area contributed by atoms with E-state index in [4.69, 9.17) is 5.73 Å². The molecule has 0 aliphatic heterocycles. The molecule has 0 bridgehead atoms.